The molecular weight excluding hydrogens is 729 g/mol. The molecule has 0 bridgehead atoms. The summed E-state index contributed by atoms with van der Waals surface area (Å²) in [5, 5.41) is 10.1. The number of halogens is 2. The highest BCUT2D eigenvalue weighted by atomic mass is 79.9. The lowest BCUT2D eigenvalue weighted by Crippen LogP contribution is -2.48. The Hall–Kier alpha value is -4.10. The van der Waals surface area contributed by atoms with E-state index >= 15 is 4.39 Å². The number of rotatable bonds is 6. The Bertz CT molecular complexity index is 1920. The van der Waals surface area contributed by atoms with Crippen molar-refractivity contribution < 1.29 is 18.8 Å². The molecule has 4 aliphatic heterocycles. The van der Waals surface area contributed by atoms with Gasteiger partial charge in [0.1, 0.15) is 10.3 Å². The van der Waals surface area contributed by atoms with E-state index in [4.69, 9.17) is 0 Å². The lowest BCUT2D eigenvalue weighted by molar-refractivity contribution is -0.134. The van der Waals surface area contributed by atoms with Gasteiger partial charge in [0, 0.05) is 64.3 Å². The maximum absolute atomic E-state index is 15.7. The van der Waals surface area contributed by atoms with Crippen LogP contribution in [0.4, 0.5) is 15.8 Å². The fourth-order valence-corrected chi connectivity index (χ4v) is 9.25. The van der Waals surface area contributed by atoms with E-state index in [-0.39, 0.29) is 52.9 Å². The topological polar surface area (TPSA) is 120 Å². The van der Waals surface area contributed by atoms with Gasteiger partial charge in [-0.3, -0.25) is 24.5 Å². The number of likely N-dealkylation sites (N-methyl/N-ethyl adjacent to an activating group) is 1. The van der Waals surface area contributed by atoms with Gasteiger partial charge in [-0.2, -0.15) is 5.10 Å². The number of likely N-dealkylation sites (tertiary alicyclic amines) is 2. The minimum atomic E-state index is -0.507. The van der Waals surface area contributed by atoms with Crippen LogP contribution >= 0.6 is 15.9 Å². The van der Waals surface area contributed by atoms with Crippen LogP contribution in [0.1, 0.15) is 83.8 Å². The molecule has 4 fully saturated rings. The first kappa shape index (κ1) is 36.3. The molecular formula is C39H47BrFN7O4. The van der Waals surface area contributed by atoms with E-state index in [1.165, 1.54) is 10.2 Å². The molecule has 0 aliphatic carbocycles. The van der Waals surface area contributed by atoms with Gasteiger partial charge >= 0.3 is 0 Å². The maximum Gasteiger partial charge on any atom is 0.282 e. The highest BCUT2D eigenvalue weighted by molar-refractivity contribution is 9.10. The van der Waals surface area contributed by atoms with Crippen LogP contribution in [0.25, 0.3) is 0 Å². The number of carbonyl (C=O) groups is 3. The van der Waals surface area contributed by atoms with E-state index in [0.717, 1.165) is 58.3 Å². The number of nitrogens with one attached hydrogen (secondary N) is 2. The third kappa shape index (κ3) is 7.26. The molecule has 4 aliphatic rings. The largest absolute Gasteiger partial charge is 0.379 e. The lowest BCUT2D eigenvalue weighted by Gasteiger charge is -2.47. The van der Waals surface area contributed by atoms with Gasteiger partial charge in [-0.25, -0.2) is 9.07 Å². The van der Waals surface area contributed by atoms with Crippen LogP contribution in [-0.4, -0.2) is 89.7 Å². The van der Waals surface area contributed by atoms with Crippen molar-refractivity contribution in [1.82, 2.24) is 24.9 Å². The summed E-state index contributed by atoms with van der Waals surface area (Å²) in [6.07, 6.45) is 6.98. The van der Waals surface area contributed by atoms with Gasteiger partial charge in [0.2, 0.25) is 11.8 Å². The molecule has 3 atom stereocenters. The zero-order valence-electron chi connectivity index (χ0n) is 30.1. The molecule has 52 heavy (non-hydrogen) atoms. The van der Waals surface area contributed by atoms with Gasteiger partial charge < -0.3 is 20.0 Å². The molecule has 2 aromatic carbocycles. The summed E-state index contributed by atoms with van der Waals surface area (Å²) in [7, 11) is 3.73. The third-order valence-electron chi connectivity index (χ3n) is 12.0. The van der Waals surface area contributed by atoms with Crippen molar-refractivity contribution >= 4 is 45.0 Å². The fourth-order valence-electron chi connectivity index (χ4n) is 8.78. The normalized spacial score (nSPS) is 23.8. The standard InChI is InChI=1S/C39H47BrFN7O4/c1-24-29(30-9-11-33(49)44-36(30)50)8-10-32(35(24)41)47-16-12-39(13-17-47)14-18-48(19-15-39)37(51)26-6-4-25(5-7-26)27-20-28(23-45(2)22-27)43-31-21-42-46(3)38(52)34(31)40/h4-8,10,21,27-28,30,43H,9,11-20,22-23H2,1-3H3,(H,44,49,50)/t27-,28+,30?/m0/s1. The first-order valence-corrected chi connectivity index (χ1v) is 19.1. The highest BCUT2D eigenvalue weighted by Gasteiger charge is 2.40. The van der Waals surface area contributed by atoms with Crippen LogP contribution in [-0.2, 0) is 16.6 Å². The Morgan fingerprint density at radius 3 is 2.37 bits per heavy atom. The van der Waals surface area contributed by atoms with Gasteiger partial charge in [-0.05, 0) is 115 Å². The summed E-state index contributed by atoms with van der Waals surface area (Å²) < 4.78 is 17.5. The summed E-state index contributed by atoms with van der Waals surface area (Å²) in [6.45, 7) is 6.39. The first-order valence-electron chi connectivity index (χ1n) is 18.3. The van der Waals surface area contributed by atoms with E-state index < -0.39 is 5.92 Å². The Balaban J connectivity index is 0.923. The van der Waals surface area contributed by atoms with Gasteiger partial charge in [-0.15, -0.1) is 0 Å². The van der Waals surface area contributed by atoms with Crippen LogP contribution in [0.2, 0.25) is 0 Å². The zero-order valence-corrected chi connectivity index (χ0v) is 31.7. The van der Waals surface area contributed by atoms with E-state index in [9.17, 15) is 19.2 Å². The molecule has 13 heteroatoms. The number of hydrogen-bond donors (Lipinski definition) is 2. The lowest BCUT2D eigenvalue weighted by atomic mass is 9.71. The van der Waals surface area contributed by atoms with Crippen LogP contribution in [0.3, 0.4) is 0 Å². The number of benzene rings is 2. The summed E-state index contributed by atoms with van der Waals surface area (Å²) in [5.41, 5.74) is 4.25. The van der Waals surface area contributed by atoms with Crippen molar-refractivity contribution in [3.8, 4) is 0 Å². The molecule has 3 amide bonds. The minimum absolute atomic E-state index is 0.0656. The SMILES string of the molecule is Cc1c(C2CCC(=O)NC2=O)ccc(N2CCC3(CCN(C(=O)c4ccc([C@H]5C[C@@H](Nc6cnn(C)c(=O)c6Br)CN(C)C5)cc4)CC3)CC2)c1F. The van der Waals surface area contributed by atoms with E-state index in [2.05, 4.69) is 60.6 Å². The Labute approximate surface area is 312 Å². The number of aromatic nitrogens is 2. The maximum atomic E-state index is 15.7. The third-order valence-corrected chi connectivity index (χ3v) is 12.8. The molecule has 1 unspecified atom stereocenters. The summed E-state index contributed by atoms with van der Waals surface area (Å²) >= 11 is 3.42. The Morgan fingerprint density at radius 2 is 1.67 bits per heavy atom. The van der Waals surface area contributed by atoms with Gasteiger partial charge in [0.15, 0.2) is 0 Å². The Morgan fingerprint density at radius 1 is 0.981 bits per heavy atom. The average molecular weight is 777 g/mol. The smallest absolute Gasteiger partial charge is 0.282 e. The molecule has 7 rings (SSSR count). The number of imide groups is 1. The number of hydrogen-bond acceptors (Lipinski definition) is 8. The molecule has 276 valence electrons. The van der Waals surface area contributed by atoms with Crippen LogP contribution < -0.4 is 21.1 Å². The molecule has 11 nitrogen and oxygen atoms in total. The molecule has 5 heterocycles. The molecule has 3 aromatic rings. The van der Waals surface area contributed by atoms with Crippen LogP contribution in [0.5, 0.6) is 0 Å². The van der Waals surface area contributed by atoms with Crippen LogP contribution in [0.15, 0.2) is 51.9 Å². The quantitative estimate of drug-likeness (QED) is 0.339. The van der Waals surface area contributed by atoms with Crippen LogP contribution in [0, 0.1) is 18.2 Å². The fraction of sp³-hybridized carbons (Fsp3) is 0.513. The summed E-state index contributed by atoms with van der Waals surface area (Å²) in [6, 6.07) is 11.9. The van der Waals surface area contributed by atoms with Crippen molar-refractivity contribution in [2.75, 3.05) is 56.5 Å². The average Bonchev–Trinajstić information content (AvgIpc) is 3.14. The molecule has 0 radical (unpaired) electrons. The molecule has 1 aromatic heterocycles. The van der Waals surface area contributed by atoms with Gasteiger partial charge in [-0.1, -0.05) is 18.2 Å². The second-order valence-corrected chi connectivity index (χ2v) is 16.1. The van der Waals surface area contributed by atoms with E-state index in [1.54, 1.807) is 26.2 Å². The number of nitrogens with zero attached hydrogens (tertiary/aromatic N) is 5. The number of anilines is 2. The van der Waals surface area contributed by atoms with Crippen molar-refractivity contribution in [3.05, 3.63) is 85.5 Å². The number of aryl methyl sites for hydroxylation is 1. The molecule has 0 saturated carbocycles. The van der Waals surface area contributed by atoms with Crippen molar-refractivity contribution in [2.45, 2.75) is 69.7 Å². The summed E-state index contributed by atoms with van der Waals surface area (Å²) in [4.78, 5) is 56.4. The second-order valence-electron chi connectivity index (χ2n) is 15.3. The minimum Gasteiger partial charge on any atom is -0.379 e. The predicted molar refractivity (Wildman–Crippen MR) is 201 cm³/mol. The Kier molecular flexibility index (Phi) is 10.3. The van der Waals surface area contributed by atoms with Gasteiger partial charge in [0.05, 0.1) is 23.5 Å². The number of amides is 3. The van der Waals surface area contributed by atoms with Crippen molar-refractivity contribution in [2.24, 2.45) is 12.5 Å². The van der Waals surface area contributed by atoms with E-state index in [1.807, 2.05) is 23.1 Å². The number of piperidine rings is 4. The first-order chi connectivity index (χ1) is 24.9. The zero-order chi connectivity index (χ0) is 36.7. The molecule has 4 saturated heterocycles. The van der Waals surface area contributed by atoms with Crippen molar-refractivity contribution in [1.29, 1.82) is 0 Å². The number of carbonyl (C=O) groups excluding carboxylic acids is 3. The second kappa shape index (κ2) is 14.7. The van der Waals surface area contributed by atoms with Gasteiger partial charge in [0.25, 0.3) is 11.5 Å². The van der Waals surface area contributed by atoms with E-state index in [0.29, 0.717) is 52.0 Å². The monoisotopic (exact) mass is 775 g/mol. The summed E-state index contributed by atoms with van der Waals surface area (Å²) in [5.74, 6) is -1.08. The highest BCUT2D eigenvalue weighted by Crippen LogP contribution is 2.43. The molecule has 2 N–H and O–H groups in total. The van der Waals surface area contributed by atoms with Crippen molar-refractivity contribution in [3.63, 3.8) is 0 Å². The molecule has 1 spiro atoms. The predicted octanol–water partition coefficient (Wildman–Crippen LogP) is 4.93.